The van der Waals surface area contributed by atoms with Crippen LogP contribution in [0.2, 0.25) is 5.02 Å². The monoisotopic (exact) mass is 363 g/mol. The fourth-order valence-electron chi connectivity index (χ4n) is 2.75. The number of aromatic nitrogens is 2. The van der Waals surface area contributed by atoms with E-state index in [4.69, 9.17) is 16.0 Å². The minimum atomic E-state index is -0.0500. The highest BCUT2D eigenvalue weighted by Crippen LogP contribution is 2.20. The summed E-state index contributed by atoms with van der Waals surface area (Å²) >= 11 is 6.06. The summed E-state index contributed by atoms with van der Waals surface area (Å²) < 4.78 is 5.55. The molecule has 134 valence electrons. The van der Waals surface area contributed by atoms with Crippen LogP contribution in [0, 0.1) is 0 Å². The standard InChI is InChI=1S/C17H22ClN5O2/c1-2-16-20-21-17(25-16)12-23-9-7-22(8-10-23)11-15(24)19-14-6-4-3-5-13(14)18/h3-6H,2,7-12H2,1H3,(H,19,24). The van der Waals surface area contributed by atoms with Gasteiger partial charge in [0.15, 0.2) is 0 Å². The predicted octanol–water partition coefficient (Wildman–Crippen LogP) is 2.04. The van der Waals surface area contributed by atoms with E-state index in [0.29, 0.717) is 35.6 Å². The smallest absolute Gasteiger partial charge is 0.238 e. The van der Waals surface area contributed by atoms with E-state index in [-0.39, 0.29) is 5.91 Å². The molecular formula is C17H22ClN5O2. The highest BCUT2D eigenvalue weighted by Gasteiger charge is 2.20. The van der Waals surface area contributed by atoms with Gasteiger partial charge in [0, 0.05) is 32.6 Å². The van der Waals surface area contributed by atoms with Crippen molar-refractivity contribution in [2.45, 2.75) is 19.9 Å². The van der Waals surface area contributed by atoms with Crippen LogP contribution in [0.15, 0.2) is 28.7 Å². The van der Waals surface area contributed by atoms with Crippen molar-refractivity contribution in [2.75, 3.05) is 38.0 Å². The zero-order chi connectivity index (χ0) is 17.6. The molecule has 0 atom stereocenters. The van der Waals surface area contributed by atoms with Gasteiger partial charge in [0.2, 0.25) is 17.7 Å². The van der Waals surface area contributed by atoms with E-state index in [2.05, 4.69) is 25.3 Å². The van der Waals surface area contributed by atoms with Crippen molar-refractivity contribution in [1.29, 1.82) is 0 Å². The number of rotatable bonds is 6. The molecule has 25 heavy (non-hydrogen) atoms. The van der Waals surface area contributed by atoms with E-state index in [1.54, 1.807) is 12.1 Å². The summed E-state index contributed by atoms with van der Waals surface area (Å²) in [5.41, 5.74) is 0.649. The maximum Gasteiger partial charge on any atom is 0.238 e. The van der Waals surface area contributed by atoms with E-state index < -0.39 is 0 Å². The molecule has 0 unspecified atom stereocenters. The Hall–Kier alpha value is -1.96. The zero-order valence-electron chi connectivity index (χ0n) is 14.2. The highest BCUT2D eigenvalue weighted by molar-refractivity contribution is 6.33. The molecule has 0 bridgehead atoms. The quantitative estimate of drug-likeness (QED) is 0.846. The van der Waals surface area contributed by atoms with Gasteiger partial charge in [-0.05, 0) is 12.1 Å². The Labute approximate surface area is 152 Å². The molecule has 1 aliphatic heterocycles. The Morgan fingerprint density at radius 2 is 1.84 bits per heavy atom. The summed E-state index contributed by atoms with van der Waals surface area (Å²) in [4.78, 5) is 16.6. The summed E-state index contributed by atoms with van der Waals surface area (Å²) in [5.74, 6) is 1.28. The molecule has 2 heterocycles. The summed E-state index contributed by atoms with van der Waals surface area (Å²) in [6.07, 6.45) is 0.751. The topological polar surface area (TPSA) is 74.5 Å². The lowest BCUT2D eigenvalue weighted by molar-refractivity contribution is -0.117. The van der Waals surface area contributed by atoms with Crippen molar-refractivity contribution in [3.05, 3.63) is 41.1 Å². The average Bonchev–Trinajstić information content (AvgIpc) is 3.06. The van der Waals surface area contributed by atoms with Crippen LogP contribution in [-0.4, -0.2) is 58.6 Å². The number of amides is 1. The number of hydrogen-bond donors (Lipinski definition) is 1. The van der Waals surface area contributed by atoms with Crippen LogP contribution in [0.3, 0.4) is 0 Å². The second kappa shape index (κ2) is 8.42. The normalized spacial score (nSPS) is 16.1. The van der Waals surface area contributed by atoms with Crippen LogP contribution in [-0.2, 0) is 17.8 Å². The maximum absolute atomic E-state index is 12.2. The maximum atomic E-state index is 12.2. The molecule has 1 fully saturated rings. The number of carbonyl (C=O) groups is 1. The molecule has 8 heteroatoms. The molecular weight excluding hydrogens is 342 g/mol. The van der Waals surface area contributed by atoms with Crippen molar-refractivity contribution in [1.82, 2.24) is 20.0 Å². The van der Waals surface area contributed by atoms with Gasteiger partial charge in [-0.1, -0.05) is 30.7 Å². The third kappa shape index (κ3) is 5.01. The molecule has 0 spiro atoms. The van der Waals surface area contributed by atoms with E-state index >= 15 is 0 Å². The molecule has 0 saturated carbocycles. The van der Waals surface area contributed by atoms with Crippen molar-refractivity contribution >= 4 is 23.2 Å². The number of anilines is 1. The van der Waals surface area contributed by atoms with E-state index in [1.807, 2.05) is 19.1 Å². The summed E-state index contributed by atoms with van der Waals surface area (Å²) in [6.45, 7) is 6.39. The fourth-order valence-corrected chi connectivity index (χ4v) is 2.93. The Morgan fingerprint density at radius 1 is 1.16 bits per heavy atom. The molecule has 1 N–H and O–H groups in total. The van der Waals surface area contributed by atoms with Gasteiger partial charge in [0.1, 0.15) is 0 Å². The highest BCUT2D eigenvalue weighted by atomic mass is 35.5. The van der Waals surface area contributed by atoms with Gasteiger partial charge in [0.05, 0.1) is 23.8 Å². The summed E-state index contributed by atoms with van der Waals surface area (Å²) in [5, 5.41) is 11.4. The number of benzene rings is 1. The largest absolute Gasteiger partial charge is 0.424 e. The third-order valence-corrected chi connectivity index (χ3v) is 4.48. The number of aryl methyl sites for hydroxylation is 1. The minimum absolute atomic E-state index is 0.0500. The molecule has 2 aromatic rings. The van der Waals surface area contributed by atoms with Gasteiger partial charge in [-0.15, -0.1) is 10.2 Å². The lowest BCUT2D eigenvalue weighted by Crippen LogP contribution is -2.48. The van der Waals surface area contributed by atoms with Gasteiger partial charge in [-0.25, -0.2) is 0 Å². The van der Waals surface area contributed by atoms with Crippen molar-refractivity contribution in [2.24, 2.45) is 0 Å². The second-order valence-electron chi connectivity index (χ2n) is 6.02. The van der Waals surface area contributed by atoms with Crippen LogP contribution in [0.4, 0.5) is 5.69 Å². The molecule has 1 aromatic carbocycles. The van der Waals surface area contributed by atoms with E-state index in [9.17, 15) is 4.79 Å². The summed E-state index contributed by atoms with van der Waals surface area (Å²) in [6, 6.07) is 7.25. The van der Waals surface area contributed by atoms with Gasteiger partial charge >= 0.3 is 0 Å². The molecule has 0 aliphatic carbocycles. The van der Waals surface area contributed by atoms with Crippen molar-refractivity contribution < 1.29 is 9.21 Å². The Morgan fingerprint density at radius 3 is 2.52 bits per heavy atom. The Kier molecular flexibility index (Phi) is 6.01. The van der Waals surface area contributed by atoms with Crippen molar-refractivity contribution in [3.63, 3.8) is 0 Å². The van der Waals surface area contributed by atoms with Gasteiger partial charge in [0.25, 0.3) is 0 Å². The molecule has 1 aliphatic rings. The van der Waals surface area contributed by atoms with Crippen LogP contribution in [0.5, 0.6) is 0 Å². The number of piperazine rings is 1. The number of hydrogen-bond acceptors (Lipinski definition) is 6. The van der Waals surface area contributed by atoms with Gasteiger partial charge in [-0.2, -0.15) is 0 Å². The number of nitrogens with one attached hydrogen (secondary N) is 1. The molecule has 1 saturated heterocycles. The number of halogens is 1. The molecule has 0 radical (unpaired) electrons. The second-order valence-corrected chi connectivity index (χ2v) is 6.43. The van der Waals surface area contributed by atoms with Crippen LogP contribution >= 0.6 is 11.6 Å². The van der Waals surface area contributed by atoms with Crippen molar-refractivity contribution in [3.8, 4) is 0 Å². The molecule has 3 rings (SSSR count). The van der Waals surface area contributed by atoms with Crippen LogP contribution in [0.25, 0.3) is 0 Å². The van der Waals surface area contributed by atoms with Crippen LogP contribution in [0.1, 0.15) is 18.7 Å². The lowest BCUT2D eigenvalue weighted by atomic mass is 10.3. The van der Waals surface area contributed by atoms with E-state index in [1.165, 1.54) is 0 Å². The van der Waals surface area contributed by atoms with E-state index in [0.717, 1.165) is 32.6 Å². The number of nitrogens with zero attached hydrogens (tertiary/aromatic N) is 4. The molecule has 7 nitrogen and oxygen atoms in total. The fraction of sp³-hybridized carbons (Fsp3) is 0.471. The Balaban J connectivity index is 1.43. The molecule has 1 amide bonds. The predicted molar refractivity (Wildman–Crippen MR) is 95.5 cm³/mol. The number of para-hydroxylation sites is 1. The zero-order valence-corrected chi connectivity index (χ0v) is 15.0. The minimum Gasteiger partial charge on any atom is -0.424 e. The Bertz CT molecular complexity index is 713. The first kappa shape index (κ1) is 17.8. The lowest BCUT2D eigenvalue weighted by Gasteiger charge is -2.33. The van der Waals surface area contributed by atoms with Gasteiger partial charge in [-0.3, -0.25) is 14.6 Å². The van der Waals surface area contributed by atoms with Crippen LogP contribution < -0.4 is 5.32 Å². The first-order valence-electron chi connectivity index (χ1n) is 8.44. The average molecular weight is 364 g/mol. The van der Waals surface area contributed by atoms with Gasteiger partial charge < -0.3 is 9.73 Å². The first-order chi connectivity index (χ1) is 12.1. The summed E-state index contributed by atoms with van der Waals surface area (Å²) in [7, 11) is 0. The third-order valence-electron chi connectivity index (χ3n) is 4.15. The SMILES string of the molecule is CCc1nnc(CN2CCN(CC(=O)Nc3ccccc3Cl)CC2)o1. The first-order valence-corrected chi connectivity index (χ1v) is 8.82. The number of carbonyl (C=O) groups excluding carboxylic acids is 1. The molecule has 1 aromatic heterocycles.